The van der Waals surface area contributed by atoms with E-state index in [9.17, 15) is 4.79 Å². The van der Waals surface area contributed by atoms with Crippen molar-refractivity contribution in [2.75, 3.05) is 18.0 Å². The number of rotatable bonds is 7. The highest BCUT2D eigenvalue weighted by atomic mass is 16.2. The van der Waals surface area contributed by atoms with E-state index in [2.05, 4.69) is 10.6 Å². The van der Waals surface area contributed by atoms with Gasteiger partial charge in [-0.2, -0.15) is 0 Å². The quantitative estimate of drug-likeness (QED) is 0.442. The molecule has 1 aliphatic rings. The van der Waals surface area contributed by atoms with E-state index in [0.717, 1.165) is 37.1 Å². The lowest BCUT2D eigenvalue weighted by molar-refractivity contribution is -0.122. The molecule has 1 saturated heterocycles. The van der Waals surface area contributed by atoms with E-state index in [1.807, 2.05) is 60.7 Å². The van der Waals surface area contributed by atoms with Gasteiger partial charge in [0.2, 0.25) is 5.91 Å². The van der Waals surface area contributed by atoms with Gasteiger partial charge in [0.05, 0.1) is 12.6 Å². The number of aryl methyl sites for hydroxylation is 1. The van der Waals surface area contributed by atoms with Gasteiger partial charge in [-0.3, -0.25) is 20.5 Å². The lowest BCUT2D eigenvalue weighted by Crippen LogP contribution is -2.47. The molecule has 6 heteroatoms. The first-order chi connectivity index (χ1) is 13.6. The molecule has 0 bridgehead atoms. The number of amidine groups is 2. The Morgan fingerprint density at radius 1 is 1.04 bits per heavy atom. The van der Waals surface area contributed by atoms with Gasteiger partial charge in [0, 0.05) is 12.1 Å². The SMILES string of the molecule is N=C(CCc1ccccc1)N(C(=N)CNC(=O)C1CCCN1)c1ccccc1. The molecular weight excluding hydrogens is 350 g/mol. The zero-order chi connectivity index (χ0) is 19.8. The number of nitrogens with zero attached hydrogens (tertiary/aromatic N) is 1. The van der Waals surface area contributed by atoms with Gasteiger partial charge < -0.3 is 10.6 Å². The van der Waals surface area contributed by atoms with Crippen molar-refractivity contribution in [2.24, 2.45) is 0 Å². The van der Waals surface area contributed by atoms with Crippen LogP contribution < -0.4 is 15.5 Å². The summed E-state index contributed by atoms with van der Waals surface area (Å²) >= 11 is 0. The Morgan fingerprint density at radius 3 is 2.36 bits per heavy atom. The van der Waals surface area contributed by atoms with Crippen molar-refractivity contribution in [1.82, 2.24) is 10.6 Å². The van der Waals surface area contributed by atoms with Crippen LogP contribution >= 0.6 is 0 Å². The third-order valence-corrected chi connectivity index (χ3v) is 4.85. The highest BCUT2D eigenvalue weighted by Crippen LogP contribution is 2.16. The number of benzene rings is 2. The van der Waals surface area contributed by atoms with Gasteiger partial charge in [0.1, 0.15) is 11.7 Å². The third-order valence-electron chi connectivity index (χ3n) is 4.85. The smallest absolute Gasteiger partial charge is 0.237 e. The van der Waals surface area contributed by atoms with E-state index in [1.165, 1.54) is 0 Å². The lowest BCUT2D eigenvalue weighted by atomic mass is 10.1. The van der Waals surface area contributed by atoms with E-state index >= 15 is 0 Å². The Bertz CT molecular complexity index is 800. The summed E-state index contributed by atoms with van der Waals surface area (Å²) in [5, 5.41) is 23.1. The second-order valence-electron chi connectivity index (χ2n) is 6.92. The zero-order valence-electron chi connectivity index (χ0n) is 15.9. The van der Waals surface area contributed by atoms with E-state index in [-0.39, 0.29) is 24.3 Å². The molecule has 146 valence electrons. The van der Waals surface area contributed by atoms with Crippen LogP contribution in [0.15, 0.2) is 60.7 Å². The van der Waals surface area contributed by atoms with E-state index in [0.29, 0.717) is 12.3 Å². The minimum Gasteiger partial charge on any atom is -0.348 e. The predicted octanol–water partition coefficient (Wildman–Crippen LogP) is 2.95. The molecule has 0 spiro atoms. The van der Waals surface area contributed by atoms with Gasteiger partial charge in [0.25, 0.3) is 0 Å². The summed E-state index contributed by atoms with van der Waals surface area (Å²) in [5.41, 5.74) is 1.92. The molecule has 0 saturated carbocycles. The second-order valence-corrected chi connectivity index (χ2v) is 6.92. The summed E-state index contributed by atoms with van der Waals surface area (Å²) in [6.45, 7) is 0.954. The minimum atomic E-state index is -0.171. The summed E-state index contributed by atoms with van der Waals surface area (Å²) in [6.07, 6.45) is 3.07. The van der Waals surface area contributed by atoms with Gasteiger partial charge in [0.15, 0.2) is 0 Å². The molecule has 1 unspecified atom stereocenters. The second kappa shape index (κ2) is 9.80. The Labute approximate surface area is 166 Å². The number of hydrogen-bond acceptors (Lipinski definition) is 4. The topological polar surface area (TPSA) is 92.1 Å². The molecule has 1 atom stereocenters. The highest BCUT2D eigenvalue weighted by Gasteiger charge is 2.23. The number of nitrogens with one attached hydrogen (secondary N) is 4. The van der Waals surface area contributed by atoms with Gasteiger partial charge in [-0.15, -0.1) is 0 Å². The zero-order valence-corrected chi connectivity index (χ0v) is 15.9. The van der Waals surface area contributed by atoms with Crippen LogP contribution in [-0.2, 0) is 11.2 Å². The van der Waals surface area contributed by atoms with Gasteiger partial charge in [-0.05, 0) is 43.5 Å². The number of carbonyl (C=O) groups excluding carboxylic acids is 1. The Hall–Kier alpha value is -2.99. The van der Waals surface area contributed by atoms with Gasteiger partial charge >= 0.3 is 0 Å². The number of amides is 1. The van der Waals surface area contributed by atoms with Crippen molar-refractivity contribution in [3.05, 3.63) is 66.2 Å². The molecule has 2 aromatic carbocycles. The maximum Gasteiger partial charge on any atom is 0.237 e. The summed E-state index contributed by atoms with van der Waals surface area (Å²) < 4.78 is 0. The van der Waals surface area contributed by atoms with E-state index in [1.54, 1.807) is 4.90 Å². The maximum absolute atomic E-state index is 12.2. The van der Waals surface area contributed by atoms with Crippen LogP contribution in [0.3, 0.4) is 0 Å². The first kappa shape index (κ1) is 19.8. The van der Waals surface area contributed by atoms with Crippen LogP contribution in [0.1, 0.15) is 24.8 Å². The van der Waals surface area contributed by atoms with E-state index < -0.39 is 0 Å². The molecule has 1 heterocycles. The number of hydrogen-bond donors (Lipinski definition) is 4. The third kappa shape index (κ3) is 5.27. The average Bonchev–Trinajstić information content (AvgIpc) is 3.27. The fourth-order valence-electron chi connectivity index (χ4n) is 3.35. The largest absolute Gasteiger partial charge is 0.348 e. The summed E-state index contributed by atoms with van der Waals surface area (Å²) in [4.78, 5) is 13.9. The molecule has 3 rings (SSSR count). The predicted molar refractivity (Wildman–Crippen MR) is 113 cm³/mol. The molecule has 0 aromatic heterocycles. The monoisotopic (exact) mass is 377 g/mol. The average molecular weight is 377 g/mol. The van der Waals surface area contributed by atoms with E-state index in [4.69, 9.17) is 10.8 Å². The number of para-hydroxylation sites is 1. The standard InChI is InChI=1S/C22H27N5O/c23-20(14-13-17-8-3-1-4-9-17)27(18-10-5-2-6-11-18)21(24)16-26-22(28)19-12-7-15-25-19/h1-6,8-11,19,23-25H,7,12-16H2,(H,26,28). The molecule has 0 aliphatic carbocycles. The van der Waals surface area contributed by atoms with Gasteiger partial charge in [-0.25, -0.2) is 0 Å². The molecule has 28 heavy (non-hydrogen) atoms. The Balaban J connectivity index is 1.65. The Kier molecular flexibility index (Phi) is 6.92. The molecule has 0 radical (unpaired) electrons. The molecule has 1 aliphatic heterocycles. The van der Waals surface area contributed by atoms with Crippen LogP contribution in [0, 0.1) is 10.8 Å². The molecule has 1 fully saturated rings. The summed E-state index contributed by atoms with van der Waals surface area (Å²) in [6, 6.07) is 19.3. The van der Waals surface area contributed by atoms with Crippen molar-refractivity contribution >= 4 is 23.3 Å². The van der Waals surface area contributed by atoms with Gasteiger partial charge in [-0.1, -0.05) is 48.5 Å². The van der Waals surface area contributed by atoms with Crippen LogP contribution in [0.2, 0.25) is 0 Å². The van der Waals surface area contributed by atoms with Crippen LogP contribution in [-0.4, -0.2) is 36.7 Å². The molecule has 1 amide bonds. The number of anilines is 1. The van der Waals surface area contributed by atoms with Crippen LogP contribution in [0.4, 0.5) is 5.69 Å². The fraction of sp³-hybridized carbons (Fsp3) is 0.318. The van der Waals surface area contributed by atoms with Crippen LogP contribution in [0.5, 0.6) is 0 Å². The van der Waals surface area contributed by atoms with Crippen molar-refractivity contribution < 1.29 is 4.79 Å². The first-order valence-electron chi connectivity index (χ1n) is 9.70. The first-order valence-corrected chi connectivity index (χ1v) is 9.70. The van der Waals surface area contributed by atoms with Crippen molar-refractivity contribution in [3.8, 4) is 0 Å². The van der Waals surface area contributed by atoms with Crippen LogP contribution in [0.25, 0.3) is 0 Å². The maximum atomic E-state index is 12.2. The lowest BCUT2D eigenvalue weighted by Gasteiger charge is -2.26. The van der Waals surface area contributed by atoms with Crippen molar-refractivity contribution in [2.45, 2.75) is 31.7 Å². The van der Waals surface area contributed by atoms with Crippen molar-refractivity contribution in [3.63, 3.8) is 0 Å². The number of carbonyl (C=O) groups is 1. The molecular formula is C22H27N5O. The normalized spacial score (nSPS) is 15.8. The summed E-state index contributed by atoms with van der Waals surface area (Å²) in [5.74, 6) is 0.454. The van der Waals surface area contributed by atoms with Crippen molar-refractivity contribution in [1.29, 1.82) is 10.8 Å². The molecule has 4 N–H and O–H groups in total. The Morgan fingerprint density at radius 2 is 1.71 bits per heavy atom. The highest BCUT2D eigenvalue weighted by molar-refractivity contribution is 6.18. The fourth-order valence-corrected chi connectivity index (χ4v) is 3.35. The molecule has 2 aromatic rings. The minimum absolute atomic E-state index is 0.0777. The summed E-state index contributed by atoms with van der Waals surface area (Å²) in [7, 11) is 0. The molecule has 6 nitrogen and oxygen atoms in total.